The molecular weight excluding hydrogens is 552 g/mol. The van der Waals surface area contributed by atoms with Crippen LogP contribution in [0.15, 0.2) is 5.10 Å². The molecule has 0 aromatic carbocycles. The van der Waals surface area contributed by atoms with E-state index in [1.54, 1.807) is 0 Å². The fourth-order valence-corrected chi connectivity index (χ4v) is 11.1. The summed E-state index contributed by atoms with van der Waals surface area (Å²) in [5.41, 5.74) is 2.90. The molecule has 10 fully saturated rings. The lowest BCUT2D eigenvalue weighted by Gasteiger charge is -2.61. The highest BCUT2D eigenvalue weighted by atomic mass is 17.3. The van der Waals surface area contributed by atoms with Gasteiger partial charge in [0, 0.05) is 38.1 Å². The maximum Gasteiger partial charge on any atom is 0.201 e. The number of fused-ring (bicyclic) bond motifs is 4. The molecule has 8 saturated heterocycles. The van der Waals surface area contributed by atoms with Crippen molar-refractivity contribution in [3.8, 4) is 0 Å². The van der Waals surface area contributed by atoms with Gasteiger partial charge in [-0.05, 0) is 87.9 Å². The Labute approximate surface area is 256 Å². The average Bonchev–Trinajstić information content (AvgIpc) is 3.35. The Balaban J connectivity index is 1.10. The van der Waals surface area contributed by atoms with Crippen LogP contribution >= 0.6 is 0 Å². The number of hydrazone groups is 1. The van der Waals surface area contributed by atoms with Gasteiger partial charge < -0.3 is 24.4 Å². The van der Waals surface area contributed by atoms with E-state index in [0.717, 1.165) is 44.2 Å². The highest BCUT2D eigenvalue weighted by Gasteiger charge is 2.71. The summed E-state index contributed by atoms with van der Waals surface area (Å²) in [5.74, 6) is 1.06. The van der Waals surface area contributed by atoms with Crippen molar-refractivity contribution in [2.24, 2.45) is 52.4 Å². The molecule has 242 valence electrons. The topological polar surface area (TPSA) is 98.2 Å². The van der Waals surface area contributed by atoms with Crippen LogP contribution in [0, 0.1) is 47.3 Å². The van der Waals surface area contributed by atoms with Crippen LogP contribution in [0.1, 0.15) is 99.3 Å². The first kappa shape index (κ1) is 29.5. The highest BCUT2D eigenvalue weighted by Crippen LogP contribution is 2.63. The smallest absolute Gasteiger partial charge is 0.201 e. The molecule has 0 radical (unpaired) electrons. The van der Waals surface area contributed by atoms with Gasteiger partial charge in [0.2, 0.25) is 11.6 Å². The van der Waals surface area contributed by atoms with Gasteiger partial charge in [-0.3, -0.25) is 0 Å². The van der Waals surface area contributed by atoms with Crippen molar-refractivity contribution in [1.82, 2.24) is 5.43 Å². The van der Waals surface area contributed by atoms with Gasteiger partial charge in [0.1, 0.15) is 6.10 Å². The molecule has 0 aromatic heterocycles. The average molecular weight is 605 g/mol. The standard InChI is InChI=1S/C33H52N2O8/c1-17-8-10-23-19(3)26(36-28-32(23)21(17)12-14-30(5,38-28)40-42-32)16-25(35-34-7)27-20(4)24-11-9-18(2)22-13-15-31(6)39-29(37-27)33(22,24)43-41-31/h17-24,26-29,34H,8-16H2,1-7H3/b35-25-/t17-,18-,19-,20-,21+,22+,23+,24+,26-,27+,28-,29-,30+,31+,32-,33-/m1/s1. The Bertz CT molecular complexity index is 1140. The van der Waals surface area contributed by atoms with Crippen molar-refractivity contribution in [3.05, 3.63) is 0 Å². The maximum absolute atomic E-state index is 7.01. The lowest BCUT2D eigenvalue weighted by atomic mass is 9.56. The van der Waals surface area contributed by atoms with E-state index in [4.69, 9.17) is 43.6 Å². The lowest BCUT2D eigenvalue weighted by molar-refractivity contribution is -0.571. The zero-order chi connectivity index (χ0) is 29.9. The number of rotatable bonds is 4. The van der Waals surface area contributed by atoms with Gasteiger partial charge >= 0.3 is 0 Å². The van der Waals surface area contributed by atoms with E-state index in [1.165, 1.54) is 12.8 Å². The minimum Gasteiger partial charge on any atom is -0.345 e. The summed E-state index contributed by atoms with van der Waals surface area (Å²) in [4.78, 5) is 24.9. The van der Waals surface area contributed by atoms with Crippen LogP contribution in [0.5, 0.6) is 0 Å². The molecule has 16 atom stereocenters. The molecule has 4 bridgehead atoms. The van der Waals surface area contributed by atoms with Crippen molar-refractivity contribution in [3.63, 3.8) is 0 Å². The van der Waals surface area contributed by atoms with Crippen molar-refractivity contribution >= 4 is 5.71 Å². The molecule has 10 nitrogen and oxygen atoms in total. The van der Waals surface area contributed by atoms with Crippen molar-refractivity contribution < 1.29 is 38.5 Å². The van der Waals surface area contributed by atoms with Crippen molar-refractivity contribution in [2.45, 2.75) is 147 Å². The Morgan fingerprint density at radius 3 is 1.77 bits per heavy atom. The number of hydrogen-bond donors (Lipinski definition) is 1. The third-order valence-corrected chi connectivity index (χ3v) is 13.4. The van der Waals surface area contributed by atoms with Crippen molar-refractivity contribution in [1.29, 1.82) is 0 Å². The molecule has 8 heterocycles. The fourth-order valence-electron chi connectivity index (χ4n) is 11.1. The normalized spacial score (nSPS) is 59.1. The lowest BCUT2D eigenvalue weighted by Crippen LogP contribution is -2.71. The third kappa shape index (κ3) is 4.09. The largest absolute Gasteiger partial charge is 0.345 e. The number of nitrogens with one attached hydrogen (secondary N) is 1. The van der Waals surface area contributed by atoms with Gasteiger partial charge in [-0.25, -0.2) is 19.6 Å². The molecule has 43 heavy (non-hydrogen) atoms. The summed E-state index contributed by atoms with van der Waals surface area (Å²) >= 11 is 0. The van der Waals surface area contributed by atoms with E-state index in [9.17, 15) is 0 Å². The van der Waals surface area contributed by atoms with E-state index in [2.05, 4.69) is 33.1 Å². The molecule has 2 saturated carbocycles. The molecule has 2 aliphatic carbocycles. The minimum absolute atomic E-state index is 0.0947. The van der Waals surface area contributed by atoms with Gasteiger partial charge in [0.05, 0.1) is 11.8 Å². The van der Waals surface area contributed by atoms with Crippen LogP contribution in [0.25, 0.3) is 0 Å². The Hall–Kier alpha value is -0.850. The molecule has 10 aliphatic rings. The van der Waals surface area contributed by atoms with Gasteiger partial charge in [0.25, 0.3) is 0 Å². The molecule has 10 rings (SSSR count). The maximum atomic E-state index is 7.01. The summed E-state index contributed by atoms with van der Waals surface area (Å²) in [5, 5.41) is 4.90. The summed E-state index contributed by atoms with van der Waals surface area (Å²) in [6.45, 7) is 13.3. The summed E-state index contributed by atoms with van der Waals surface area (Å²) in [6, 6.07) is 0. The van der Waals surface area contributed by atoms with Crippen LogP contribution in [0.4, 0.5) is 0 Å². The van der Waals surface area contributed by atoms with Crippen molar-refractivity contribution in [2.75, 3.05) is 7.05 Å². The van der Waals surface area contributed by atoms with Crippen LogP contribution in [-0.4, -0.2) is 60.3 Å². The molecule has 0 unspecified atom stereocenters. The zero-order valence-corrected chi connectivity index (χ0v) is 27.0. The second-order valence-corrected chi connectivity index (χ2v) is 15.8. The molecule has 0 aromatic rings. The number of hydrogen-bond acceptors (Lipinski definition) is 10. The SMILES string of the molecule is CN/N=C(/C[C@H]1O[C@@H]2O[C@]3(C)CC[C@H]4[C@H](C)CC[C@@H]([C@H]1C)[C@@]24OO3)[C@H]1O[C@@H]2O[C@]3(C)CC[C@H]4[C@H](C)CC[C@@H]([C@H]1C)[C@@]24OO3. The Morgan fingerprint density at radius 1 is 0.674 bits per heavy atom. The third-order valence-electron chi connectivity index (χ3n) is 13.4. The second-order valence-electron chi connectivity index (χ2n) is 15.8. The first-order valence-electron chi connectivity index (χ1n) is 17.2. The van der Waals surface area contributed by atoms with E-state index in [1.807, 2.05) is 20.9 Å². The van der Waals surface area contributed by atoms with Gasteiger partial charge in [-0.2, -0.15) is 5.10 Å². The quantitative estimate of drug-likeness (QED) is 0.255. The monoisotopic (exact) mass is 604 g/mol. The first-order chi connectivity index (χ1) is 20.5. The molecule has 1 N–H and O–H groups in total. The molecule has 2 spiro atoms. The Morgan fingerprint density at radius 2 is 1.21 bits per heavy atom. The predicted octanol–water partition coefficient (Wildman–Crippen LogP) is 5.45. The van der Waals surface area contributed by atoms with E-state index < -0.39 is 35.4 Å². The zero-order valence-electron chi connectivity index (χ0n) is 27.0. The van der Waals surface area contributed by atoms with E-state index >= 15 is 0 Å². The summed E-state index contributed by atoms with van der Waals surface area (Å²) in [7, 11) is 1.86. The van der Waals surface area contributed by atoms with Crippen LogP contribution in [0.2, 0.25) is 0 Å². The number of nitrogens with zero attached hydrogens (tertiary/aromatic N) is 1. The summed E-state index contributed by atoms with van der Waals surface area (Å²) < 4.78 is 27.3. The summed E-state index contributed by atoms with van der Waals surface area (Å²) in [6.07, 6.45) is 7.48. The first-order valence-corrected chi connectivity index (χ1v) is 17.2. The van der Waals surface area contributed by atoms with Gasteiger partial charge in [-0.15, -0.1) is 0 Å². The van der Waals surface area contributed by atoms with Crippen LogP contribution in [-0.2, 0) is 38.5 Å². The van der Waals surface area contributed by atoms with E-state index in [-0.39, 0.29) is 35.9 Å². The Kier molecular flexibility index (Phi) is 6.92. The minimum atomic E-state index is -0.804. The highest BCUT2D eigenvalue weighted by molar-refractivity contribution is 5.89. The molecule has 8 aliphatic heterocycles. The van der Waals surface area contributed by atoms with E-state index in [0.29, 0.717) is 30.1 Å². The predicted molar refractivity (Wildman–Crippen MR) is 155 cm³/mol. The number of ether oxygens (including phenoxy) is 4. The molecule has 10 heteroatoms. The molecular formula is C33H52N2O8. The van der Waals surface area contributed by atoms with Crippen LogP contribution in [0.3, 0.4) is 0 Å². The fraction of sp³-hybridized carbons (Fsp3) is 0.970. The second kappa shape index (κ2) is 10.1. The van der Waals surface area contributed by atoms with Gasteiger partial charge in [0.15, 0.2) is 23.8 Å². The van der Waals surface area contributed by atoms with Crippen LogP contribution < -0.4 is 5.43 Å². The molecule has 0 amide bonds. The van der Waals surface area contributed by atoms with Gasteiger partial charge in [-0.1, -0.05) is 27.7 Å².